The van der Waals surface area contributed by atoms with E-state index in [1.54, 1.807) is 0 Å². The number of aryl methyl sites for hydroxylation is 1. The first kappa shape index (κ1) is 19.0. The van der Waals surface area contributed by atoms with Gasteiger partial charge in [0.05, 0.1) is 6.10 Å². The molecule has 0 radical (unpaired) electrons. The molecule has 0 bridgehead atoms. The molecule has 142 valence electrons. The van der Waals surface area contributed by atoms with E-state index in [1.807, 2.05) is 17.5 Å². The molecule has 0 saturated carbocycles. The summed E-state index contributed by atoms with van der Waals surface area (Å²) in [7, 11) is -1.33. The largest absolute Gasteiger partial charge is 0.387 e. The predicted molar refractivity (Wildman–Crippen MR) is 97.7 cm³/mol. The zero-order valence-electron chi connectivity index (χ0n) is 14.5. The fraction of sp³-hybridized carbons (Fsp3) is 0.500. The molecule has 8 nitrogen and oxygen atoms in total. The average Bonchev–Trinajstić information content (AvgIpc) is 3.17. The summed E-state index contributed by atoms with van der Waals surface area (Å²) in [6.45, 7) is 0.447. The molecule has 1 aliphatic heterocycles. The monoisotopic (exact) mass is 399 g/mol. The molecule has 3 heterocycles. The Labute approximate surface area is 155 Å². The lowest BCUT2D eigenvalue weighted by atomic mass is 9.91. The molecule has 0 aliphatic carbocycles. The second-order valence-corrected chi connectivity index (χ2v) is 9.34. The molecule has 0 amide bonds. The number of nitrogens with zero attached hydrogens (tertiary/aromatic N) is 3. The second-order valence-electron chi connectivity index (χ2n) is 6.45. The van der Waals surface area contributed by atoms with Crippen LogP contribution in [-0.2, 0) is 24.1 Å². The molecular formula is C16H21N3O5S2. The lowest BCUT2D eigenvalue weighted by molar-refractivity contribution is 0.0788. The van der Waals surface area contributed by atoms with Crippen LogP contribution in [0.5, 0.6) is 0 Å². The minimum atomic E-state index is -4.00. The molecule has 2 aromatic rings. The number of hydrogen-bond donors (Lipinski definition) is 1. The first-order valence-electron chi connectivity index (χ1n) is 8.21. The molecule has 1 saturated heterocycles. The number of aliphatic hydroxyl groups is 1. The Bertz CT molecular complexity index is 999. The van der Waals surface area contributed by atoms with Gasteiger partial charge in [0, 0.05) is 38.3 Å². The fourth-order valence-electron chi connectivity index (χ4n) is 3.21. The van der Waals surface area contributed by atoms with Crippen molar-refractivity contribution >= 4 is 21.4 Å². The summed E-state index contributed by atoms with van der Waals surface area (Å²) < 4.78 is 28.9. The molecule has 26 heavy (non-hydrogen) atoms. The minimum Gasteiger partial charge on any atom is -0.387 e. The van der Waals surface area contributed by atoms with Crippen molar-refractivity contribution in [1.29, 1.82) is 0 Å². The van der Waals surface area contributed by atoms with Gasteiger partial charge < -0.3 is 9.67 Å². The minimum absolute atomic E-state index is 0.0249. The predicted octanol–water partition coefficient (Wildman–Crippen LogP) is 0.280. The Kier molecular flexibility index (Phi) is 5.20. The van der Waals surface area contributed by atoms with Gasteiger partial charge in [-0.25, -0.2) is 13.2 Å². The van der Waals surface area contributed by atoms with E-state index < -0.39 is 32.3 Å². The molecule has 10 heteroatoms. The molecule has 0 spiro atoms. The van der Waals surface area contributed by atoms with Crippen LogP contribution in [0.3, 0.4) is 0 Å². The summed E-state index contributed by atoms with van der Waals surface area (Å²) >= 11 is 1.48. The molecule has 1 aliphatic rings. The Morgan fingerprint density at radius 1 is 1.23 bits per heavy atom. The number of thiophene rings is 1. The van der Waals surface area contributed by atoms with Gasteiger partial charge in [0.15, 0.2) is 4.90 Å². The van der Waals surface area contributed by atoms with E-state index in [0.29, 0.717) is 12.8 Å². The fourth-order valence-corrected chi connectivity index (χ4v) is 5.64. The molecule has 1 fully saturated rings. The van der Waals surface area contributed by atoms with E-state index >= 15 is 0 Å². The van der Waals surface area contributed by atoms with E-state index in [-0.39, 0.29) is 19.0 Å². The molecular weight excluding hydrogens is 378 g/mol. The third kappa shape index (κ3) is 3.29. The normalized spacial score (nSPS) is 18.1. The van der Waals surface area contributed by atoms with E-state index in [0.717, 1.165) is 20.2 Å². The van der Waals surface area contributed by atoms with Gasteiger partial charge in [0.1, 0.15) is 0 Å². The summed E-state index contributed by atoms with van der Waals surface area (Å²) in [5.41, 5.74) is -1.40. The van der Waals surface area contributed by atoms with Crippen LogP contribution in [0.25, 0.3) is 0 Å². The average molecular weight is 399 g/mol. The summed E-state index contributed by atoms with van der Waals surface area (Å²) in [5, 5.41) is 12.3. The second kappa shape index (κ2) is 7.10. The van der Waals surface area contributed by atoms with Gasteiger partial charge in [-0.05, 0) is 30.2 Å². The lowest BCUT2D eigenvalue weighted by Gasteiger charge is -2.33. The number of aromatic nitrogens is 2. The van der Waals surface area contributed by atoms with Crippen molar-refractivity contribution in [1.82, 2.24) is 13.4 Å². The van der Waals surface area contributed by atoms with E-state index in [9.17, 15) is 23.1 Å². The third-order valence-corrected chi connectivity index (χ3v) is 7.64. The summed E-state index contributed by atoms with van der Waals surface area (Å²) in [6, 6.07) is 3.74. The van der Waals surface area contributed by atoms with Crippen LogP contribution in [0.2, 0.25) is 0 Å². The van der Waals surface area contributed by atoms with Gasteiger partial charge in [-0.15, -0.1) is 11.3 Å². The van der Waals surface area contributed by atoms with Crippen molar-refractivity contribution in [2.45, 2.75) is 23.8 Å². The highest BCUT2D eigenvalue weighted by Crippen LogP contribution is 2.34. The van der Waals surface area contributed by atoms with Crippen LogP contribution in [0.4, 0.5) is 0 Å². The Balaban J connectivity index is 1.81. The highest BCUT2D eigenvalue weighted by Gasteiger charge is 2.34. The van der Waals surface area contributed by atoms with Crippen LogP contribution in [0.15, 0.2) is 38.2 Å². The molecule has 1 unspecified atom stereocenters. The van der Waals surface area contributed by atoms with E-state index in [2.05, 4.69) is 0 Å². The standard InChI is InChI=1S/C16H21N3O5S2/c1-17-10-13(15(21)18(2)16(17)22)26(23,24)19-7-5-11(6-8-19)14(20)12-4-3-9-25-12/h3-4,9-11,14,20H,5-8H2,1-2H3. The molecule has 1 atom stereocenters. The van der Waals surface area contributed by atoms with Crippen LogP contribution in [0.1, 0.15) is 23.8 Å². The molecule has 1 N–H and O–H groups in total. The number of rotatable bonds is 4. The van der Waals surface area contributed by atoms with Gasteiger partial charge >= 0.3 is 5.69 Å². The van der Waals surface area contributed by atoms with Crippen molar-refractivity contribution in [3.8, 4) is 0 Å². The van der Waals surface area contributed by atoms with E-state index in [4.69, 9.17) is 0 Å². The third-order valence-electron chi connectivity index (χ3n) is 4.81. The topological polar surface area (TPSA) is 102 Å². The number of piperidine rings is 1. The summed E-state index contributed by atoms with van der Waals surface area (Å²) in [6.07, 6.45) is 1.48. The Hall–Kier alpha value is -1.75. The molecule has 3 rings (SSSR count). The Morgan fingerprint density at radius 3 is 2.46 bits per heavy atom. The van der Waals surface area contributed by atoms with Crippen molar-refractivity contribution in [2.24, 2.45) is 20.0 Å². The highest BCUT2D eigenvalue weighted by molar-refractivity contribution is 7.89. The number of hydrogen-bond acceptors (Lipinski definition) is 6. The van der Waals surface area contributed by atoms with Gasteiger partial charge in [0.2, 0.25) is 10.0 Å². The van der Waals surface area contributed by atoms with E-state index in [1.165, 1.54) is 29.7 Å². The summed E-state index contributed by atoms with van der Waals surface area (Å²) in [4.78, 5) is 24.5. The molecule has 2 aromatic heterocycles. The van der Waals surface area contributed by atoms with Crippen molar-refractivity contribution in [2.75, 3.05) is 13.1 Å². The maximum Gasteiger partial charge on any atom is 0.330 e. The molecule has 0 aromatic carbocycles. The zero-order chi connectivity index (χ0) is 19.1. The first-order valence-corrected chi connectivity index (χ1v) is 10.5. The lowest BCUT2D eigenvalue weighted by Crippen LogP contribution is -2.45. The quantitative estimate of drug-likeness (QED) is 0.796. The van der Waals surface area contributed by atoms with Crippen LogP contribution >= 0.6 is 11.3 Å². The van der Waals surface area contributed by atoms with Crippen molar-refractivity contribution in [3.05, 3.63) is 49.4 Å². The smallest absolute Gasteiger partial charge is 0.330 e. The van der Waals surface area contributed by atoms with Gasteiger partial charge in [0.25, 0.3) is 5.56 Å². The zero-order valence-corrected chi connectivity index (χ0v) is 16.2. The van der Waals surface area contributed by atoms with Gasteiger partial charge in [-0.2, -0.15) is 4.31 Å². The maximum atomic E-state index is 12.9. The van der Waals surface area contributed by atoms with Gasteiger partial charge in [-0.1, -0.05) is 6.07 Å². The Morgan fingerprint density at radius 2 is 1.88 bits per heavy atom. The van der Waals surface area contributed by atoms with Gasteiger partial charge in [-0.3, -0.25) is 9.36 Å². The highest BCUT2D eigenvalue weighted by atomic mass is 32.2. The number of sulfonamides is 1. The van der Waals surface area contributed by atoms with Crippen LogP contribution < -0.4 is 11.2 Å². The first-order chi connectivity index (χ1) is 12.2. The van der Waals surface area contributed by atoms with Crippen LogP contribution in [0, 0.1) is 5.92 Å². The maximum absolute atomic E-state index is 12.9. The summed E-state index contributed by atoms with van der Waals surface area (Å²) in [5.74, 6) is -0.0249. The van der Waals surface area contributed by atoms with Crippen LogP contribution in [-0.4, -0.2) is 40.1 Å². The van der Waals surface area contributed by atoms with Crippen molar-refractivity contribution in [3.63, 3.8) is 0 Å². The SMILES string of the molecule is Cn1cc(S(=O)(=O)N2CCC(C(O)c3cccs3)CC2)c(=O)n(C)c1=O. The van der Waals surface area contributed by atoms with Crippen molar-refractivity contribution < 1.29 is 13.5 Å². The number of aliphatic hydroxyl groups excluding tert-OH is 1.